The fourth-order valence-electron chi connectivity index (χ4n) is 4.02. The minimum absolute atomic E-state index is 0.175. The van der Waals surface area contributed by atoms with Gasteiger partial charge in [0.15, 0.2) is 5.60 Å². The van der Waals surface area contributed by atoms with Crippen LogP contribution in [0.3, 0.4) is 0 Å². The number of ether oxygens (including phenoxy) is 1. The van der Waals surface area contributed by atoms with Crippen molar-refractivity contribution in [2.75, 3.05) is 0 Å². The topological polar surface area (TPSA) is 91.2 Å². The molecule has 0 unspecified atom stereocenters. The van der Waals surface area contributed by atoms with Crippen LogP contribution in [0.15, 0.2) is 28.8 Å². The molecule has 1 aromatic heterocycles. The molecule has 0 amide bonds. The van der Waals surface area contributed by atoms with Crippen molar-refractivity contribution in [2.24, 2.45) is 16.6 Å². The van der Waals surface area contributed by atoms with Crippen LogP contribution in [-0.4, -0.2) is 16.1 Å². The molecule has 1 saturated heterocycles. The van der Waals surface area contributed by atoms with E-state index in [1.807, 2.05) is 45.0 Å². The number of esters is 1. The van der Waals surface area contributed by atoms with Gasteiger partial charge in [0.25, 0.3) is 5.89 Å². The lowest BCUT2D eigenvalue weighted by atomic mass is 9.66. The number of benzene rings is 1. The van der Waals surface area contributed by atoms with Gasteiger partial charge in [0.2, 0.25) is 5.82 Å². The zero-order chi connectivity index (χ0) is 17.2. The maximum atomic E-state index is 12.4. The summed E-state index contributed by atoms with van der Waals surface area (Å²) in [7, 11) is 0. The Morgan fingerprint density at radius 1 is 1.17 bits per heavy atom. The van der Waals surface area contributed by atoms with Gasteiger partial charge in [-0.2, -0.15) is 4.98 Å². The summed E-state index contributed by atoms with van der Waals surface area (Å²) in [6, 6.07) is 7.71. The Bertz CT molecular complexity index is 811. The highest BCUT2D eigenvalue weighted by Gasteiger charge is 2.75. The molecule has 126 valence electrons. The van der Waals surface area contributed by atoms with Gasteiger partial charge in [-0.05, 0) is 25.3 Å². The van der Waals surface area contributed by atoms with Gasteiger partial charge in [-0.25, -0.2) is 0 Å². The smallest absolute Gasteiger partial charge is 0.313 e. The first-order valence-electron chi connectivity index (χ1n) is 8.21. The normalized spacial score (nSPS) is 30.6. The van der Waals surface area contributed by atoms with E-state index in [0.717, 1.165) is 17.5 Å². The lowest BCUT2D eigenvalue weighted by molar-refractivity contribution is -0.163. The highest BCUT2D eigenvalue weighted by molar-refractivity contribution is 5.82. The Hall–Kier alpha value is -2.21. The minimum Gasteiger partial charge on any atom is -0.448 e. The van der Waals surface area contributed by atoms with Crippen molar-refractivity contribution in [3.8, 4) is 11.4 Å². The Morgan fingerprint density at radius 2 is 1.88 bits per heavy atom. The number of hydrogen-bond donors (Lipinski definition) is 1. The lowest BCUT2D eigenvalue weighted by Crippen LogP contribution is -2.38. The van der Waals surface area contributed by atoms with Crippen LogP contribution in [-0.2, 0) is 21.7 Å². The summed E-state index contributed by atoms with van der Waals surface area (Å²) in [5.41, 5.74) is 5.77. The number of rotatable bonds is 3. The molecule has 0 radical (unpaired) electrons. The second-order valence-corrected chi connectivity index (χ2v) is 7.50. The van der Waals surface area contributed by atoms with Gasteiger partial charge in [0.05, 0.1) is 5.41 Å². The van der Waals surface area contributed by atoms with Crippen molar-refractivity contribution in [3.05, 3.63) is 35.7 Å². The van der Waals surface area contributed by atoms with Crippen LogP contribution < -0.4 is 5.73 Å². The summed E-state index contributed by atoms with van der Waals surface area (Å²) in [6.45, 7) is 6.55. The van der Waals surface area contributed by atoms with E-state index in [4.69, 9.17) is 15.0 Å². The molecule has 2 aromatic rings. The molecule has 4 rings (SSSR count). The van der Waals surface area contributed by atoms with Crippen LogP contribution in [0, 0.1) is 10.8 Å². The first-order valence-corrected chi connectivity index (χ1v) is 8.21. The summed E-state index contributed by atoms with van der Waals surface area (Å²) in [4.78, 5) is 16.9. The first kappa shape index (κ1) is 15.3. The zero-order valence-electron chi connectivity index (χ0n) is 14.1. The van der Waals surface area contributed by atoms with Gasteiger partial charge in [-0.15, -0.1) is 0 Å². The number of hydrogen-bond acceptors (Lipinski definition) is 6. The second kappa shape index (κ2) is 4.66. The number of carbonyl (C=O) groups is 1. The van der Waals surface area contributed by atoms with Crippen molar-refractivity contribution in [1.29, 1.82) is 0 Å². The summed E-state index contributed by atoms with van der Waals surface area (Å²) in [5.74, 6) is 0.709. The van der Waals surface area contributed by atoms with Crippen molar-refractivity contribution in [1.82, 2.24) is 10.1 Å². The molecule has 24 heavy (non-hydrogen) atoms. The second-order valence-electron chi connectivity index (χ2n) is 7.50. The molecule has 2 bridgehead atoms. The highest BCUT2D eigenvalue weighted by Crippen LogP contribution is 2.69. The van der Waals surface area contributed by atoms with Crippen molar-refractivity contribution < 1.29 is 14.1 Å². The van der Waals surface area contributed by atoms with Gasteiger partial charge in [0.1, 0.15) is 0 Å². The van der Waals surface area contributed by atoms with Crippen molar-refractivity contribution in [3.63, 3.8) is 0 Å². The molecule has 1 saturated carbocycles. The summed E-state index contributed by atoms with van der Waals surface area (Å²) < 4.78 is 11.3. The predicted octanol–water partition coefficient (Wildman–Crippen LogP) is 2.77. The molecule has 2 atom stereocenters. The van der Waals surface area contributed by atoms with Crippen LogP contribution in [0.1, 0.15) is 45.1 Å². The first-order chi connectivity index (χ1) is 11.3. The fraction of sp³-hybridized carbons (Fsp3) is 0.500. The van der Waals surface area contributed by atoms with Gasteiger partial charge in [-0.1, -0.05) is 43.3 Å². The van der Waals surface area contributed by atoms with E-state index >= 15 is 0 Å². The SMILES string of the molecule is CC1(C)[C@@]2(C)CC[C@]1(c1nc(-c3ccc(CN)cc3)no1)OC2=O. The molecule has 2 heterocycles. The van der Waals surface area contributed by atoms with Crippen LogP contribution in [0.5, 0.6) is 0 Å². The Morgan fingerprint density at radius 3 is 2.42 bits per heavy atom. The fourth-order valence-corrected chi connectivity index (χ4v) is 4.02. The van der Waals surface area contributed by atoms with Crippen LogP contribution in [0.2, 0.25) is 0 Å². The molecule has 0 spiro atoms. The maximum Gasteiger partial charge on any atom is 0.313 e. The van der Waals surface area contributed by atoms with E-state index in [1.165, 1.54) is 0 Å². The molecule has 1 aromatic carbocycles. The quantitative estimate of drug-likeness (QED) is 0.872. The van der Waals surface area contributed by atoms with Gasteiger partial charge in [0, 0.05) is 17.5 Å². The summed E-state index contributed by atoms with van der Waals surface area (Å²) in [5, 5.41) is 4.10. The van der Waals surface area contributed by atoms with E-state index in [2.05, 4.69) is 10.1 Å². The van der Waals surface area contributed by atoms with Crippen molar-refractivity contribution >= 4 is 5.97 Å². The third kappa shape index (κ3) is 1.66. The molecule has 2 aliphatic rings. The van der Waals surface area contributed by atoms with E-state index in [-0.39, 0.29) is 5.97 Å². The van der Waals surface area contributed by atoms with Crippen molar-refractivity contribution in [2.45, 2.75) is 45.8 Å². The summed E-state index contributed by atoms with van der Waals surface area (Å²) in [6.07, 6.45) is 1.47. The van der Waals surface area contributed by atoms with E-state index in [0.29, 0.717) is 24.7 Å². The number of nitrogens with zero attached hydrogens (tertiary/aromatic N) is 2. The minimum atomic E-state index is -0.832. The summed E-state index contributed by atoms with van der Waals surface area (Å²) >= 11 is 0. The monoisotopic (exact) mass is 327 g/mol. The average Bonchev–Trinajstić information content (AvgIpc) is 3.17. The number of nitrogens with two attached hydrogens (primary N) is 1. The van der Waals surface area contributed by atoms with Crippen LogP contribution in [0.25, 0.3) is 11.4 Å². The molecular weight excluding hydrogens is 306 g/mol. The molecule has 1 aliphatic heterocycles. The molecule has 6 heteroatoms. The Balaban J connectivity index is 1.74. The van der Waals surface area contributed by atoms with Crippen LogP contribution in [0.4, 0.5) is 0 Å². The third-order valence-corrected chi connectivity index (χ3v) is 6.30. The van der Waals surface area contributed by atoms with Gasteiger partial charge >= 0.3 is 5.97 Å². The number of aromatic nitrogens is 2. The molecule has 2 N–H and O–H groups in total. The number of carbonyl (C=O) groups excluding carboxylic acids is 1. The maximum absolute atomic E-state index is 12.4. The third-order valence-electron chi connectivity index (χ3n) is 6.30. The number of fused-ring (bicyclic) bond motifs is 2. The van der Waals surface area contributed by atoms with E-state index < -0.39 is 16.4 Å². The molecule has 6 nitrogen and oxygen atoms in total. The van der Waals surface area contributed by atoms with Crippen LogP contribution >= 0.6 is 0 Å². The largest absolute Gasteiger partial charge is 0.448 e. The lowest BCUT2D eigenvalue weighted by Gasteiger charge is -2.33. The van der Waals surface area contributed by atoms with E-state index in [1.54, 1.807) is 0 Å². The Labute approximate surface area is 140 Å². The average molecular weight is 327 g/mol. The molecule has 2 fully saturated rings. The molecular formula is C18H21N3O3. The highest BCUT2D eigenvalue weighted by atomic mass is 16.6. The molecule has 1 aliphatic carbocycles. The standard InChI is InChI=1S/C18H21N3O3/c1-16(2)17(3)8-9-18(16,23-15(17)22)14-20-13(21-24-14)12-6-4-11(10-19)5-7-12/h4-7H,8-10,19H2,1-3H3/t17-,18+/m0/s1. The zero-order valence-corrected chi connectivity index (χ0v) is 14.1. The predicted molar refractivity (Wildman–Crippen MR) is 86.5 cm³/mol. The van der Waals surface area contributed by atoms with Gasteiger partial charge < -0.3 is 15.0 Å². The Kier molecular flexibility index (Phi) is 2.98. The van der Waals surface area contributed by atoms with Gasteiger partial charge in [-0.3, -0.25) is 4.79 Å². The van der Waals surface area contributed by atoms with E-state index in [9.17, 15) is 4.79 Å².